The molecule has 0 N–H and O–H groups in total. The van der Waals surface area contributed by atoms with Crippen LogP contribution in [0.1, 0.15) is 154 Å². The summed E-state index contributed by atoms with van der Waals surface area (Å²) in [7, 11) is -4.27. The molecule has 2 heterocycles. The Labute approximate surface area is 295 Å². The molecule has 274 valence electrons. The van der Waals surface area contributed by atoms with Crippen molar-refractivity contribution in [3.05, 3.63) is 60.4 Å². The zero-order chi connectivity index (χ0) is 34.5. The standard InChI is InChI=1S/C34H62NO2.C7H8O3S/c1-2-3-4-5-6-7-8-9-10-11-12-13-16-20-25-33-30-34(37-31-33)32-36-29-24-18-15-14-17-21-26-35-27-22-19-23-28-35;1-6-2-4-7(5-3-6)11(8,9)10/h19,22-23,27-28,33-34H,2-18,20-21,24-26,29-32H2,1H3;2-5H,1H3,(H,8,9,10)/q+1;/p-1. The molecule has 1 aromatic heterocycles. The van der Waals surface area contributed by atoms with E-state index in [0.717, 1.165) is 37.8 Å². The van der Waals surface area contributed by atoms with Crippen LogP contribution in [0.2, 0.25) is 0 Å². The average molecular weight is 688 g/mol. The van der Waals surface area contributed by atoms with Crippen LogP contribution in [0.5, 0.6) is 0 Å². The Hall–Kier alpha value is -1.80. The van der Waals surface area contributed by atoms with Crippen LogP contribution in [-0.2, 0) is 26.1 Å². The van der Waals surface area contributed by atoms with Gasteiger partial charge in [0.05, 0.1) is 17.6 Å². The van der Waals surface area contributed by atoms with Crippen LogP contribution in [0, 0.1) is 12.8 Å². The maximum atomic E-state index is 10.4. The largest absolute Gasteiger partial charge is 0.744 e. The van der Waals surface area contributed by atoms with Gasteiger partial charge in [0.2, 0.25) is 0 Å². The molecule has 7 heteroatoms. The van der Waals surface area contributed by atoms with Gasteiger partial charge >= 0.3 is 0 Å². The quantitative estimate of drug-likeness (QED) is 0.0530. The van der Waals surface area contributed by atoms with E-state index in [1.165, 1.54) is 153 Å². The minimum absolute atomic E-state index is 0.178. The van der Waals surface area contributed by atoms with Gasteiger partial charge in [-0.05, 0) is 50.7 Å². The molecule has 2 atom stereocenters. The summed E-state index contributed by atoms with van der Waals surface area (Å²) in [5.41, 5.74) is 0.928. The van der Waals surface area contributed by atoms with Gasteiger partial charge in [-0.15, -0.1) is 0 Å². The van der Waals surface area contributed by atoms with Gasteiger partial charge in [-0.1, -0.05) is 140 Å². The van der Waals surface area contributed by atoms with Crippen LogP contribution in [0.25, 0.3) is 0 Å². The van der Waals surface area contributed by atoms with Crippen LogP contribution in [-0.4, -0.2) is 38.9 Å². The van der Waals surface area contributed by atoms with Crippen molar-refractivity contribution >= 4 is 10.1 Å². The summed E-state index contributed by atoms with van der Waals surface area (Å²) < 4.78 is 45.4. The summed E-state index contributed by atoms with van der Waals surface area (Å²) in [4.78, 5) is -0.178. The first-order valence-corrected chi connectivity index (χ1v) is 20.9. The van der Waals surface area contributed by atoms with Gasteiger partial charge in [0.25, 0.3) is 0 Å². The highest BCUT2D eigenvalue weighted by Gasteiger charge is 2.25. The molecule has 0 saturated carbocycles. The monoisotopic (exact) mass is 687 g/mol. The van der Waals surface area contributed by atoms with Gasteiger partial charge in [0.15, 0.2) is 12.4 Å². The molecule has 0 aliphatic carbocycles. The second-order valence-corrected chi connectivity index (χ2v) is 15.4. The third-order valence-electron chi connectivity index (χ3n) is 9.48. The third-order valence-corrected chi connectivity index (χ3v) is 10.3. The summed E-state index contributed by atoms with van der Waals surface area (Å²) in [5.74, 6) is 0.778. The van der Waals surface area contributed by atoms with Crippen LogP contribution in [0.4, 0.5) is 0 Å². The highest BCUT2D eigenvalue weighted by molar-refractivity contribution is 7.85. The fourth-order valence-electron chi connectivity index (χ4n) is 6.43. The lowest BCUT2D eigenvalue weighted by Gasteiger charge is -2.10. The van der Waals surface area contributed by atoms with Crippen molar-refractivity contribution < 1.29 is 27.0 Å². The first kappa shape index (κ1) is 42.4. The fourth-order valence-corrected chi connectivity index (χ4v) is 6.90. The van der Waals surface area contributed by atoms with Crippen molar-refractivity contribution in [3.8, 4) is 0 Å². The van der Waals surface area contributed by atoms with Gasteiger partial charge in [-0.2, -0.15) is 0 Å². The molecule has 48 heavy (non-hydrogen) atoms. The fraction of sp³-hybridized carbons (Fsp3) is 0.732. The normalized spacial score (nSPS) is 16.1. The number of hydrogen-bond donors (Lipinski definition) is 0. The Morgan fingerprint density at radius 3 is 1.81 bits per heavy atom. The highest BCUT2D eigenvalue weighted by Crippen LogP contribution is 2.25. The Kier molecular flexibility index (Phi) is 24.7. The number of benzene rings is 1. The molecule has 1 aliphatic heterocycles. The zero-order valence-electron chi connectivity index (χ0n) is 30.6. The predicted molar refractivity (Wildman–Crippen MR) is 197 cm³/mol. The second kappa shape index (κ2) is 28.0. The Morgan fingerprint density at radius 2 is 1.25 bits per heavy atom. The van der Waals surface area contributed by atoms with Gasteiger partial charge in [0.1, 0.15) is 16.7 Å². The number of rotatable bonds is 27. The number of ether oxygens (including phenoxy) is 2. The molecular formula is C41H69NO5S. The van der Waals surface area contributed by atoms with Crippen molar-refractivity contribution in [1.29, 1.82) is 0 Å². The molecule has 0 amide bonds. The van der Waals surface area contributed by atoms with Crippen molar-refractivity contribution in [3.63, 3.8) is 0 Å². The van der Waals surface area contributed by atoms with E-state index in [-0.39, 0.29) is 4.90 Å². The topological polar surface area (TPSA) is 79.5 Å². The summed E-state index contributed by atoms with van der Waals surface area (Å²) in [6, 6.07) is 12.1. The van der Waals surface area contributed by atoms with E-state index in [0.29, 0.717) is 6.10 Å². The van der Waals surface area contributed by atoms with Crippen molar-refractivity contribution in [1.82, 2.24) is 0 Å². The average Bonchev–Trinajstić information content (AvgIpc) is 3.54. The second-order valence-electron chi connectivity index (χ2n) is 14.0. The molecule has 0 bridgehead atoms. The van der Waals surface area contributed by atoms with E-state index in [2.05, 4.69) is 42.1 Å². The van der Waals surface area contributed by atoms with Crippen molar-refractivity contribution in [2.45, 2.75) is 173 Å². The first-order chi connectivity index (χ1) is 23.4. The van der Waals surface area contributed by atoms with E-state index >= 15 is 0 Å². The first-order valence-electron chi connectivity index (χ1n) is 19.5. The van der Waals surface area contributed by atoms with Gasteiger partial charge in [-0.3, -0.25) is 0 Å². The Morgan fingerprint density at radius 1 is 0.729 bits per heavy atom. The molecule has 3 rings (SSSR count). The molecule has 2 unspecified atom stereocenters. The number of aryl methyl sites for hydroxylation is 2. The summed E-state index contributed by atoms with van der Waals surface area (Å²) in [6.45, 7) is 7.95. The van der Waals surface area contributed by atoms with Crippen LogP contribution >= 0.6 is 0 Å². The molecule has 0 radical (unpaired) electrons. The minimum atomic E-state index is -4.27. The number of nitrogens with zero attached hydrogens (tertiary/aromatic N) is 1. The maximum absolute atomic E-state index is 10.4. The van der Waals surface area contributed by atoms with E-state index < -0.39 is 10.1 Å². The highest BCUT2D eigenvalue weighted by atomic mass is 32.2. The maximum Gasteiger partial charge on any atom is 0.168 e. The molecule has 1 saturated heterocycles. The number of pyridine rings is 1. The van der Waals surface area contributed by atoms with Gasteiger partial charge in [0, 0.05) is 31.8 Å². The molecule has 1 aromatic carbocycles. The molecule has 0 spiro atoms. The lowest BCUT2D eigenvalue weighted by atomic mass is 9.97. The molecule has 2 aromatic rings. The van der Waals surface area contributed by atoms with E-state index in [1.54, 1.807) is 12.1 Å². The Bertz CT molecular complexity index is 1110. The number of unbranched alkanes of at least 4 members (excludes halogenated alkanes) is 18. The van der Waals surface area contributed by atoms with Crippen LogP contribution in [0.3, 0.4) is 0 Å². The van der Waals surface area contributed by atoms with Gasteiger partial charge in [-0.25, -0.2) is 13.0 Å². The van der Waals surface area contributed by atoms with E-state index in [9.17, 15) is 13.0 Å². The molecule has 1 fully saturated rings. The van der Waals surface area contributed by atoms with Crippen LogP contribution in [0.15, 0.2) is 59.8 Å². The summed E-state index contributed by atoms with van der Waals surface area (Å²) >= 11 is 0. The van der Waals surface area contributed by atoms with Crippen LogP contribution < -0.4 is 4.57 Å². The summed E-state index contributed by atoms with van der Waals surface area (Å²) in [5, 5.41) is 0. The minimum Gasteiger partial charge on any atom is -0.744 e. The lowest BCUT2D eigenvalue weighted by Crippen LogP contribution is -2.32. The van der Waals surface area contributed by atoms with E-state index in [4.69, 9.17) is 9.47 Å². The third kappa shape index (κ3) is 22.8. The number of aromatic nitrogens is 1. The smallest absolute Gasteiger partial charge is 0.168 e. The van der Waals surface area contributed by atoms with Gasteiger partial charge < -0.3 is 14.0 Å². The number of hydrogen-bond acceptors (Lipinski definition) is 5. The lowest BCUT2D eigenvalue weighted by molar-refractivity contribution is -0.697. The summed E-state index contributed by atoms with van der Waals surface area (Å²) in [6.07, 6.45) is 35.2. The van der Waals surface area contributed by atoms with E-state index in [1.807, 2.05) is 6.92 Å². The Balaban J connectivity index is 0.000000613. The van der Waals surface area contributed by atoms with Crippen molar-refractivity contribution in [2.75, 3.05) is 19.8 Å². The molecule has 6 nitrogen and oxygen atoms in total. The SMILES string of the molecule is CCCCCCCCCCCCCCCCC1COC(COCCCCCCCC[n+]2ccccc2)C1.Cc1ccc(S(=O)(=O)[O-])cc1. The predicted octanol–water partition coefficient (Wildman–Crippen LogP) is 10.5. The zero-order valence-corrected chi connectivity index (χ0v) is 31.4. The molecular weight excluding hydrogens is 619 g/mol. The van der Waals surface area contributed by atoms with Crippen molar-refractivity contribution in [2.24, 2.45) is 5.92 Å². The molecule has 1 aliphatic rings.